The second kappa shape index (κ2) is 6.29. The maximum atomic E-state index is 6.26. The molecular formula is C15H20ClN3O. The third-order valence-electron chi connectivity index (χ3n) is 3.29. The lowest BCUT2D eigenvalue weighted by molar-refractivity contribution is 0.340. The first kappa shape index (κ1) is 14.9. The molecule has 20 heavy (non-hydrogen) atoms. The first-order valence-electron chi connectivity index (χ1n) is 6.69. The van der Waals surface area contributed by atoms with Gasteiger partial charge >= 0.3 is 0 Å². The summed E-state index contributed by atoms with van der Waals surface area (Å²) in [6.07, 6.45) is 0.657. The van der Waals surface area contributed by atoms with Crippen molar-refractivity contribution in [3.05, 3.63) is 46.2 Å². The number of nitrogens with zero attached hydrogens (tertiary/aromatic N) is 2. The minimum Gasteiger partial charge on any atom is -0.494 e. The summed E-state index contributed by atoms with van der Waals surface area (Å²) in [5, 5.41) is 5.01. The monoisotopic (exact) mass is 293 g/mol. The lowest BCUT2D eigenvalue weighted by Gasteiger charge is -2.13. The highest BCUT2D eigenvalue weighted by molar-refractivity contribution is 6.31. The zero-order chi connectivity index (χ0) is 14.7. The Balaban J connectivity index is 2.13. The fraction of sp³-hybridized carbons (Fsp3) is 0.400. The molecule has 1 heterocycles. The summed E-state index contributed by atoms with van der Waals surface area (Å²) in [5.74, 6) is 0.859. The Kier molecular flexibility index (Phi) is 4.68. The Bertz CT molecular complexity index is 578. The number of hydrogen-bond donors (Lipinski definition) is 1. The molecule has 0 saturated carbocycles. The molecule has 0 aliphatic heterocycles. The number of benzene rings is 1. The highest BCUT2D eigenvalue weighted by Gasteiger charge is 2.15. The summed E-state index contributed by atoms with van der Waals surface area (Å²) >= 11 is 6.25. The van der Waals surface area contributed by atoms with E-state index in [0.29, 0.717) is 18.1 Å². The van der Waals surface area contributed by atoms with Crippen molar-refractivity contribution in [2.45, 2.75) is 26.3 Å². The third-order valence-corrected chi connectivity index (χ3v) is 3.79. The number of nitrogens with two attached hydrogens (primary N) is 1. The second-order valence-electron chi connectivity index (χ2n) is 4.78. The smallest absolute Gasteiger partial charge is 0.119 e. The molecule has 0 aliphatic rings. The van der Waals surface area contributed by atoms with E-state index in [4.69, 9.17) is 22.1 Å². The average molecular weight is 294 g/mol. The second-order valence-corrected chi connectivity index (χ2v) is 5.16. The van der Waals surface area contributed by atoms with Crippen molar-refractivity contribution in [3.63, 3.8) is 0 Å². The van der Waals surface area contributed by atoms with Gasteiger partial charge in [0.15, 0.2) is 0 Å². The average Bonchev–Trinajstić information content (AvgIpc) is 2.66. The van der Waals surface area contributed by atoms with Crippen LogP contribution in [0.2, 0.25) is 5.02 Å². The quantitative estimate of drug-likeness (QED) is 0.922. The number of aromatic nitrogens is 2. The van der Waals surface area contributed by atoms with Crippen molar-refractivity contribution in [3.8, 4) is 5.75 Å². The third kappa shape index (κ3) is 3.14. The lowest BCUT2D eigenvalue weighted by atomic mass is 10.0. The van der Waals surface area contributed by atoms with E-state index in [1.54, 1.807) is 4.68 Å². The number of ether oxygens (including phenoxy) is 1. The zero-order valence-corrected chi connectivity index (χ0v) is 12.8. The van der Waals surface area contributed by atoms with Crippen LogP contribution in [0.4, 0.5) is 0 Å². The van der Waals surface area contributed by atoms with Crippen LogP contribution in [0.3, 0.4) is 0 Å². The van der Waals surface area contributed by atoms with E-state index in [9.17, 15) is 0 Å². The SMILES string of the molecule is CCOc1ccc(C(N)Cc2c(Cl)c(C)nn2C)cc1. The van der Waals surface area contributed by atoms with E-state index in [1.807, 2.05) is 45.2 Å². The molecule has 1 unspecified atom stereocenters. The van der Waals surface area contributed by atoms with Crippen LogP contribution in [-0.4, -0.2) is 16.4 Å². The first-order valence-corrected chi connectivity index (χ1v) is 7.07. The molecule has 4 nitrogen and oxygen atoms in total. The fourth-order valence-electron chi connectivity index (χ4n) is 2.21. The molecule has 0 fully saturated rings. The van der Waals surface area contributed by atoms with Crippen molar-refractivity contribution in [1.29, 1.82) is 0 Å². The predicted molar refractivity (Wildman–Crippen MR) is 81.2 cm³/mol. The predicted octanol–water partition coefficient (Wildman–Crippen LogP) is 3.02. The molecule has 1 aromatic heterocycles. The van der Waals surface area contributed by atoms with E-state index < -0.39 is 0 Å². The molecule has 2 rings (SSSR count). The van der Waals surface area contributed by atoms with Gasteiger partial charge in [-0.2, -0.15) is 5.10 Å². The van der Waals surface area contributed by atoms with Crippen molar-refractivity contribution in [2.75, 3.05) is 6.61 Å². The number of halogens is 1. The van der Waals surface area contributed by atoms with Crippen LogP contribution in [0.5, 0.6) is 5.75 Å². The Morgan fingerprint density at radius 3 is 2.50 bits per heavy atom. The first-order chi connectivity index (χ1) is 9.52. The van der Waals surface area contributed by atoms with Gasteiger partial charge in [0.25, 0.3) is 0 Å². The summed E-state index contributed by atoms with van der Waals surface area (Å²) in [5.41, 5.74) is 9.12. The van der Waals surface area contributed by atoms with Crippen molar-refractivity contribution >= 4 is 11.6 Å². The summed E-state index contributed by atoms with van der Waals surface area (Å²) < 4.78 is 7.22. The summed E-state index contributed by atoms with van der Waals surface area (Å²) in [4.78, 5) is 0. The molecule has 5 heteroatoms. The summed E-state index contributed by atoms with van der Waals surface area (Å²) in [6.45, 7) is 4.52. The van der Waals surface area contributed by atoms with Crippen LogP contribution in [0.25, 0.3) is 0 Å². The molecule has 2 N–H and O–H groups in total. The Labute approximate surface area is 124 Å². The van der Waals surface area contributed by atoms with Gasteiger partial charge in [-0.05, 0) is 31.5 Å². The highest BCUT2D eigenvalue weighted by atomic mass is 35.5. The molecular weight excluding hydrogens is 274 g/mol. The molecule has 108 valence electrons. The standard InChI is InChI=1S/C15H20ClN3O/c1-4-20-12-7-5-11(6-8-12)13(17)9-14-15(16)10(2)18-19(14)3/h5-8,13H,4,9,17H2,1-3H3. The Morgan fingerprint density at radius 1 is 1.35 bits per heavy atom. The molecule has 1 atom stereocenters. The normalized spacial score (nSPS) is 12.4. The van der Waals surface area contributed by atoms with E-state index >= 15 is 0 Å². The van der Waals surface area contributed by atoms with E-state index in [0.717, 1.165) is 22.7 Å². The molecule has 0 spiro atoms. The van der Waals surface area contributed by atoms with E-state index in [-0.39, 0.29) is 6.04 Å². The number of rotatable bonds is 5. The van der Waals surface area contributed by atoms with Crippen LogP contribution in [0.15, 0.2) is 24.3 Å². The van der Waals surface area contributed by atoms with E-state index in [2.05, 4.69) is 5.10 Å². The number of hydrogen-bond acceptors (Lipinski definition) is 3. The van der Waals surface area contributed by atoms with Gasteiger partial charge in [-0.25, -0.2) is 0 Å². The summed E-state index contributed by atoms with van der Waals surface area (Å²) in [6, 6.07) is 7.75. The van der Waals surface area contributed by atoms with Crippen LogP contribution >= 0.6 is 11.6 Å². The van der Waals surface area contributed by atoms with Crippen molar-refractivity contribution in [1.82, 2.24) is 9.78 Å². The van der Waals surface area contributed by atoms with Gasteiger partial charge < -0.3 is 10.5 Å². The minimum absolute atomic E-state index is 0.113. The van der Waals surface area contributed by atoms with Gasteiger partial charge in [-0.3, -0.25) is 4.68 Å². The zero-order valence-electron chi connectivity index (χ0n) is 12.1. The molecule has 1 aromatic carbocycles. The van der Waals surface area contributed by atoms with Gasteiger partial charge in [-0.1, -0.05) is 23.7 Å². The molecule has 0 saturated heterocycles. The van der Waals surface area contributed by atoms with Gasteiger partial charge in [0.2, 0.25) is 0 Å². The van der Waals surface area contributed by atoms with Gasteiger partial charge in [-0.15, -0.1) is 0 Å². The summed E-state index contributed by atoms with van der Waals surface area (Å²) in [7, 11) is 1.89. The van der Waals surface area contributed by atoms with Crippen LogP contribution in [-0.2, 0) is 13.5 Å². The Hall–Kier alpha value is -1.52. The molecule has 2 aromatic rings. The molecule has 0 aliphatic carbocycles. The minimum atomic E-state index is -0.113. The fourth-order valence-corrected chi connectivity index (χ4v) is 2.44. The van der Waals surface area contributed by atoms with Gasteiger partial charge in [0, 0.05) is 19.5 Å². The maximum absolute atomic E-state index is 6.26. The molecule has 0 amide bonds. The van der Waals surface area contributed by atoms with Gasteiger partial charge in [0.1, 0.15) is 5.75 Å². The van der Waals surface area contributed by atoms with Crippen LogP contribution in [0.1, 0.15) is 29.9 Å². The van der Waals surface area contributed by atoms with Crippen molar-refractivity contribution in [2.24, 2.45) is 12.8 Å². The molecule has 0 bridgehead atoms. The van der Waals surface area contributed by atoms with E-state index in [1.165, 1.54) is 0 Å². The highest BCUT2D eigenvalue weighted by Crippen LogP contribution is 2.25. The van der Waals surface area contributed by atoms with Crippen molar-refractivity contribution < 1.29 is 4.74 Å². The van der Waals surface area contributed by atoms with Crippen LogP contribution in [0, 0.1) is 6.92 Å². The maximum Gasteiger partial charge on any atom is 0.119 e. The number of aryl methyl sites for hydroxylation is 2. The van der Waals surface area contributed by atoms with Gasteiger partial charge in [0.05, 0.1) is 23.0 Å². The lowest BCUT2D eigenvalue weighted by Crippen LogP contribution is -2.15. The topological polar surface area (TPSA) is 53.1 Å². The Morgan fingerprint density at radius 2 is 2.00 bits per heavy atom. The largest absolute Gasteiger partial charge is 0.494 e. The van der Waals surface area contributed by atoms with Crippen LogP contribution < -0.4 is 10.5 Å². The molecule has 0 radical (unpaired) electrons.